The van der Waals surface area contributed by atoms with E-state index in [9.17, 15) is 4.79 Å². The maximum Gasteiger partial charge on any atom is 1.00 e. The third-order valence-corrected chi connectivity index (χ3v) is 9.63. The van der Waals surface area contributed by atoms with Crippen LogP contribution in [-0.4, -0.2) is 21.2 Å². The van der Waals surface area contributed by atoms with Crippen molar-refractivity contribution in [1.29, 1.82) is 5.26 Å². The van der Waals surface area contributed by atoms with Crippen LogP contribution in [0.15, 0.2) is 72.8 Å². The van der Waals surface area contributed by atoms with Crippen molar-refractivity contribution in [2.45, 2.75) is 122 Å². The molecule has 2 aromatic heterocycles. The number of carbonyl (C=O) groups excluding carboxylic acids is 1. The average molecular weight is 1010 g/mol. The molecule has 5 aliphatic rings. The SMILES string of the molecule is C1CC1.C1CC1.N#Cc1ccccc1N.Nc1c2c(nc3ccccc13)CCCC2.Nc1c2c(nc3ccccc13)CCCC2.O=C1CCCCC1.[Cl][Zn][Cl].[Cl][Zn][Cl].[Na+].[OH-]. The first-order valence-electron chi connectivity index (χ1n) is 20.6. The number of nitriles is 1. The molecule has 0 radical (unpaired) electrons. The van der Waals surface area contributed by atoms with Crippen molar-refractivity contribution in [3.05, 3.63) is 101 Å². The number of fused-ring (bicyclic) bond motifs is 4. The van der Waals surface area contributed by atoms with Gasteiger partial charge in [0.25, 0.3) is 0 Å². The topological polar surface area (TPSA) is 175 Å². The van der Waals surface area contributed by atoms with Gasteiger partial charge in [-0.15, -0.1) is 0 Å². The summed E-state index contributed by atoms with van der Waals surface area (Å²) in [5, 5.41) is 10.6. The first-order chi connectivity index (χ1) is 28.3. The molecule has 0 bridgehead atoms. The van der Waals surface area contributed by atoms with Crippen molar-refractivity contribution in [1.82, 2.24) is 9.97 Å². The predicted molar refractivity (Wildman–Crippen MR) is 242 cm³/mol. The summed E-state index contributed by atoms with van der Waals surface area (Å²) in [6, 6.07) is 25.2. The van der Waals surface area contributed by atoms with E-state index in [-0.39, 0.29) is 35.0 Å². The molecule has 0 atom stereocenters. The van der Waals surface area contributed by atoms with E-state index >= 15 is 0 Å². The second kappa shape index (κ2) is 33.9. The quantitative estimate of drug-likeness (QED) is 0.102. The van der Waals surface area contributed by atoms with Crippen molar-refractivity contribution in [2.75, 3.05) is 17.2 Å². The maximum absolute atomic E-state index is 10.5. The Morgan fingerprint density at radius 1 is 0.517 bits per heavy atom. The van der Waals surface area contributed by atoms with Crippen molar-refractivity contribution in [2.24, 2.45) is 0 Å². The van der Waals surface area contributed by atoms with E-state index < -0.39 is 30.3 Å². The summed E-state index contributed by atoms with van der Waals surface area (Å²) in [7, 11) is 19.8. The van der Waals surface area contributed by atoms with Gasteiger partial charge in [0.2, 0.25) is 0 Å². The number of aryl methyl sites for hydroxylation is 2. The van der Waals surface area contributed by atoms with Crippen LogP contribution in [-0.2, 0) is 60.8 Å². The van der Waals surface area contributed by atoms with E-state index in [1.54, 1.807) is 24.3 Å². The van der Waals surface area contributed by atoms with Gasteiger partial charge in [-0.1, -0.05) is 93.5 Å². The molecule has 3 aromatic carbocycles. The Kier molecular flexibility index (Phi) is 31.9. The number of hydrogen-bond acceptors (Lipinski definition) is 8. The number of nitrogen functional groups attached to an aromatic ring is 3. The van der Waals surface area contributed by atoms with Gasteiger partial charge in [-0.3, -0.25) is 14.8 Å². The van der Waals surface area contributed by atoms with E-state index in [1.165, 1.54) is 93.1 Å². The van der Waals surface area contributed by atoms with E-state index in [4.69, 9.17) is 71.2 Å². The van der Waals surface area contributed by atoms with Gasteiger partial charge in [-0.25, -0.2) is 0 Å². The molecular weight excluding hydrogens is 952 g/mol. The fourth-order valence-corrected chi connectivity index (χ4v) is 6.36. The Morgan fingerprint density at radius 3 is 1.18 bits per heavy atom. The molecule has 60 heavy (non-hydrogen) atoms. The van der Waals surface area contributed by atoms with Crippen molar-refractivity contribution >= 4 is 83.4 Å². The van der Waals surface area contributed by atoms with Gasteiger partial charge in [-0.05, 0) is 99.6 Å². The number of para-hydroxylation sites is 3. The second-order valence-corrected chi connectivity index (χ2v) is 23.7. The number of anilines is 3. The van der Waals surface area contributed by atoms with Gasteiger partial charge in [0.15, 0.2) is 0 Å². The fourth-order valence-electron chi connectivity index (χ4n) is 6.36. The summed E-state index contributed by atoms with van der Waals surface area (Å²) in [4.78, 5) is 19.9. The standard InChI is InChI=1S/2C13H14N2.C7H6N2.C6H10O.2C3H6.4ClH.Na.H2O.2Zn/c2*14-13-9-5-1-3-7-11(9)15-12-8-4-2-6-10(12)13;8-5-6-3-1-2-4-7(6)9;7-6-4-2-1-3-5-6;2*1-2-3-1;;;;;;;;/h2*1,3,5,7H,2,4,6,8H2,(H2,14,15);1-4H,9H2;1-5H2;2*1-3H2;4*1H;;1H2;;/q;;;;;;;;;;+1;;2*+2/p-5. The minimum Gasteiger partial charge on any atom is -0.870 e. The smallest absolute Gasteiger partial charge is 0.870 e. The Labute approximate surface area is 410 Å². The number of carbonyl (C=O) groups is 1. The van der Waals surface area contributed by atoms with Crippen molar-refractivity contribution in [3.8, 4) is 6.07 Å². The normalized spacial score (nSPS) is 14.2. The molecule has 3 saturated carbocycles. The molecule has 2 heterocycles. The number of nitrogens with zero attached hydrogens (tertiary/aromatic N) is 3. The molecule has 0 aliphatic heterocycles. The van der Waals surface area contributed by atoms with Crippen molar-refractivity contribution < 1.29 is 70.1 Å². The number of ketones is 1. The molecule has 0 spiro atoms. The number of aromatic nitrogens is 2. The summed E-state index contributed by atoms with van der Waals surface area (Å²) in [6.07, 6.45) is 23.6. The Bertz CT molecular complexity index is 1920. The van der Waals surface area contributed by atoms with Crippen LogP contribution in [0.5, 0.6) is 0 Å². The maximum atomic E-state index is 10.5. The Hall–Kier alpha value is -1.59. The molecule has 15 heteroatoms. The minimum atomic E-state index is -0.931. The summed E-state index contributed by atoms with van der Waals surface area (Å²) < 4.78 is 0. The number of benzene rings is 3. The molecule has 8 nitrogen and oxygen atoms in total. The van der Waals surface area contributed by atoms with E-state index in [1.807, 2.05) is 42.5 Å². The second-order valence-electron chi connectivity index (χ2n) is 14.5. The minimum absolute atomic E-state index is 0. The van der Waals surface area contributed by atoms with Gasteiger partial charge < -0.3 is 22.7 Å². The van der Waals surface area contributed by atoms with Crippen molar-refractivity contribution in [3.63, 3.8) is 0 Å². The van der Waals surface area contributed by atoms with Gasteiger partial charge in [0, 0.05) is 52.1 Å². The summed E-state index contributed by atoms with van der Waals surface area (Å²) in [5.74, 6) is 0.464. The zero-order valence-electron chi connectivity index (χ0n) is 35.2. The number of halogens is 4. The van der Waals surface area contributed by atoms with Gasteiger partial charge >= 0.3 is 98.6 Å². The molecule has 7 N–H and O–H groups in total. The van der Waals surface area contributed by atoms with Gasteiger partial charge in [0.1, 0.15) is 11.9 Å². The third kappa shape index (κ3) is 21.7. The number of nitrogens with two attached hydrogens (primary N) is 3. The zero-order valence-corrected chi connectivity index (χ0v) is 46.2. The van der Waals surface area contributed by atoms with Crippen LogP contribution in [0.3, 0.4) is 0 Å². The summed E-state index contributed by atoms with van der Waals surface area (Å²) in [5.41, 5.74) is 27.9. The van der Waals surface area contributed by atoms with Crippen LogP contribution in [0.4, 0.5) is 17.1 Å². The number of Topliss-reactive ketones (excluding diaryl/α,β-unsaturated/α-hetero) is 1. The molecule has 5 aliphatic carbocycles. The Morgan fingerprint density at radius 2 is 0.850 bits per heavy atom. The van der Waals surface area contributed by atoms with Gasteiger partial charge in [0.05, 0.1) is 16.6 Å². The van der Waals surface area contributed by atoms with E-state index in [0.29, 0.717) is 17.0 Å². The molecular formula is C45H57Cl4N6NaO2Zn2. The van der Waals surface area contributed by atoms with E-state index in [2.05, 4.69) is 12.1 Å². The summed E-state index contributed by atoms with van der Waals surface area (Å²) >= 11 is -1.86. The fraction of sp³-hybridized carbons (Fsp3) is 0.422. The zero-order chi connectivity index (χ0) is 42.0. The number of rotatable bonds is 0. The molecule has 0 saturated heterocycles. The van der Waals surface area contributed by atoms with Crippen LogP contribution < -0.4 is 46.8 Å². The van der Waals surface area contributed by atoms with Gasteiger partial charge in [-0.2, -0.15) is 5.26 Å². The molecule has 10 rings (SSSR count). The number of pyridine rings is 2. The predicted octanol–water partition coefficient (Wildman–Crippen LogP) is 9.97. The van der Waals surface area contributed by atoms with Crippen LogP contribution in [0.1, 0.15) is 124 Å². The number of hydrogen-bond donors (Lipinski definition) is 3. The largest absolute Gasteiger partial charge is 1.00 e. The molecule has 312 valence electrons. The molecule has 0 amide bonds. The monoisotopic (exact) mass is 1000 g/mol. The molecule has 5 aromatic rings. The third-order valence-electron chi connectivity index (χ3n) is 9.63. The van der Waals surface area contributed by atoms with E-state index in [0.717, 1.165) is 84.5 Å². The average Bonchev–Trinajstić information content (AvgIpc) is 4.15. The molecule has 3 fully saturated rings. The van der Waals surface area contributed by atoms with Crippen LogP contribution in [0.25, 0.3) is 21.8 Å². The Balaban J connectivity index is 0.000000372. The van der Waals surface area contributed by atoms with Crippen LogP contribution in [0.2, 0.25) is 0 Å². The summed E-state index contributed by atoms with van der Waals surface area (Å²) in [6.45, 7) is 0. The molecule has 0 unspecified atom stereocenters. The first-order valence-corrected chi connectivity index (χ1v) is 36.2. The van der Waals surface area contributed by atoms with Crippen LogP contribution in [0, 0.1) is 11.3 Å². The van der Waals surface area contributed by atoms with Crippen LogP contribution >= 0.6 is 38.8 Å². The first kappa shape index (κ1) is 56.4.